The fourth-order valence-corrected chi connectivity index (χ4v) is 6.40. The first-order valence-corrected chi connectivity index (χ1v) is 11.2. The lowest BCUT2D eigenvalue weighted by molar-refractivity contribution is -0.124. The number of thiophene rings is 1. The van der Waals surface area contributed by atoms with Gasteiger partial charge in [0.2, 0.25) is 0 Å². The van der Waals surface area contributed by atoms with E-state index in [1.54, 1.807) is 11.3 Å². The summed E-state index contributed by atoms with van der Waals surface area (Å²) >= 11 is 3.64. The van der Waals surface area contributed by atoms with Crippen molar-refractivity contribution in [3.63, 3.8) is 0 Å². The Balaban J connectivity index is 1.25. The van der Waals surface area contributed by atoms with Crippen LogP contribution in [0.3, 0.4) is 0 Å². The summed E-state index contributed by atoms with van der Waals surface area (Å²) in [6.07, 6.45) is 0. The monoisotopic (exact) mass is 398 g/mol. The number of nitrogens with one attached hydrogen (secondary N) is 1. The summed E-state index contributed by atoms with van der Waals surface area (Å²) < 4.78 is 1.36. The summed E-state index contributed by atoms with van der Waals surface area (Å²) in [6.45, 7) is 5.34. The zero-order valence-electron chi connectivity index (χ0n) is 15.2. The van der Waals surface area contributed by atoms with Gasteiger partial charge in [-0.25, -0.2) is 0 Å². The van der Waals surface area contributed by atoms with Gasteiger partial charge in [-0.1, -0.05) is 17.7 Å². The molecule has 1 N–H and O–H groups in total. The number of amides is 1. The molecule has 140 valence electrons. The highest BCUT2D eigenvalue weighted by atomic mass is 32.2. The van der Waals surface area contributed by atoms with E-state index in [4.69, 9.17) is 0 Å². The number of thioether (sulfide) groups is 1. The average molecular weight is 399 g/mol. The smallest absolute Gasteiger partial charge is 0.270 e. The molecule has 1 aromatic carbocycles. The highest BCUT2D eigenvalue weighted by Crippen LogP contribution is 2.45. The molecule has 5 rings (SSSR count). The molecule has 5 nitrogen and oxygen atoms in total. The largest absolute Gasteiger partial charge is 0.368 e. The van der Waals surface area contributed by atoms with Crippen LogP contribution in [0.5, 0.6) is 0 Å². The molecule has 0 aliphatic carbocycles. The quantitative estimate of drug-likeness (QED) is 0.844. The van der Waals surface area contributed by atoms with Gasteiger partial charge in [0.05, 0.1) is 10.3 Å². The second kappa shape index (κ2) is 6.87. The van der Waals surface area contributed by atoms with E-state index in [0.29, 0.717) is 5.71 Å². The summed E-state index contributed by atoms with van der Waals surface area (Å²) in [6, 6.07) is 11.0. The number of carbonyl (C=O) groups is 1. The van der Waals surface area contributed by atoms with Crippen molar-refractivity contribution in [1.29, 1.82) is 0 Å². The van der Waals surface area contributed by atoms with E-state index in [2.05, 4.69) is 58.1 Å². The number of piperazine rings is 1. The fourth-order valence-electron chi connectivity index (χ4n) is 4.04. The van der Waals surface area contributed by atoms with Gasteiger partial charge >= 0.3 is 0 Å². The maximum absolute atomic E-state index is 13.1. The first kappa shape index (κ1) is 17.1. The SMILES string of the molecule is Cc1ccc(N2CCN(C(=O)C3=NNC4c5ccsc5SCC34)CC2)cc1. The van der Waals surface area contributed by atoms with Gasteiger partial charge in [-0.05, 0) is 30.5 Å². The lowest BCUT2D eigenvalue weighted by Gasteiger charge is -2.36. The van der Waals surface area contributed by atoms with Crippen molar-refractivity contribution in [2.45, 2.75) is 17.2 Å². The van der Waals surface area contributed by atoms with Crippen LogP contribution in [0.25, 0.3) is 0 Å². The summed E-state index contributed by atoms with van der Waals surface area (Å²) in [5.41, 5.74) is 7.76. The van der Waals surface area contributed by atoms with Crippen LogP contribution in [0.2, 0.25) is 0 Å². The number of carbonyl (C=O) groups excluding carboxylic acids is 1. The lowest BCUT2D eigenvalue weighted by atomic mass is 9.92. The van der Waals surface area contributed by atoms with Crippen molar-refractivity contribution in [2.24, 2.45) is 11.0 Å². The zero-order chi connectivity index (χ0) is 18.4. The maximum Gasteiger partial charge on any atom is 0.270 e. The minimum atomic E-state index is 0.109. The zero-order valence-corrected chi connectivity index (χ0v) is 16.9. The Morgan fingerprint density at radius 3 is 2.70 bits per heavy atom. The highest BCUT2D eigenvalue weighted by Gasteiger charge is 2.42. The molecule has 4 heterocycles. The summed E-state index contributed by atoms with van der Waals surface area (Å²) in [5.74, 6) is 1.22. The molecule has 1 aromatic heterocycles. The highest BCUT2D eigenvalue weighted by molar-refractivity contribution is 8.01. The van der Waals surface area contributed by atoms with Crippen molar-refractivity contribution in [1.82, 2.24) is 10.3 Å². The molecule has 2 atom stereocenters. The van der Waals surface area contributed by atoms with E-state index >= 15 is 0 Å². The Morgan fingerprint density at radius 2 is 1.93 bits per heavy atom. The summed E-state index contributed by atoms with van der Waals surface area (Å²) in [5, 5.41) is 6.60. The Labute approximate surface area is 167 Å². The molecular formula is C20H22N4OS2. The van der Waals surface area contributed by atoms with Crippen LogP contribution in [0, 0.1) is 12.8 Å². The number of aryl methyl sites for hydroxylation is 1. The van der Waals surface area contributed by atoms with Crippen LogP contribution in [-0.4, -0.2) is 48.5 Å². The fraction of sp³-hybridized carbons (Fsp3) is 0.400. The van der Waals surface area contributed by atoms with Gasteiger partial charge < -0.3 is 15.2 Å². The van der Waals surface area contributed by atoms with E-state index in [9.17, 15) is 4.79 Å². The van der Waals surface area contributed by atoms with Crippen LogP contribution < -0.4 is 10.3 Å². The number of benzene rings is 1. The Hall–Kier alpha value is -1.99. The third kappa shape index (κ3) is 3.02. The number of anilines is 1. The van der Waals surface area contributed by atoms with Crippen LogP contribution in [0.1, 0.15) is 17.2 Å². The standard InChI is InChI=1S/C20H22N4OS2/c1-13-2-4-14(5-3-13)23-7-9-24(10-8-23)19(25)18-16-12-27-20-15(6-11-26-20)17(16)21-22-18/h2-6,11,16-17,21H,7-10,12H2,1H3. The number of nitrogens with zero attached hydrogens (tertiary/aromatic N) is 3. The predicted octanol–water partition coefficient (Wildman–Crippen LogP) is 3.13. The van der Waals surface area contributed by atoms with Gasteiger partial charge in [-0.3, -0.25) is 4.79 Å². The number of hydrazone groups is 1. The van der Waals surface area contributed by atoms with Gasteiger partial charge in [0.15, 0.2) is 0 Å². The normalized spacial score (nSPS) is 24.1. The minimum Gasteiger partial charge on any atom is -0.368 e. The molecule has 1 amide bonds. The van der Waals surface area contributed by atoms with Crippen molar-refractivity contribution in [3.8, 4) is 0 Å². The van der Waals surface area contributed by atoms with Gasteiger partial charge in [0, 0.05) is 49.1 Å². The van der Waals surface area contributed by atoms with Crippen molar-refractivity contribution in [2.75, 3.05) is 36.8 Å². The minimum absolute atomic E-state index is 0.109. The average Bonchev–Trinajstić information content (AvgIpc) is 3.34. The van der Waals surface area contributed by atoms with Crippen molar-refractivity contribution < 1.29 is 4.79 Å². The molecule has 2 aromatic rings. The summed E-state index contributed by atoms with van der Waals surface area (Å²) in [4.78, 5) is 17.5. The van der Waals surface area contributed by atoms with Gasteiger partial charge in [0.25, 0.3) is 5.91 Å². The third-order valence-electron chi connectivity index (χ3n) is 5.65. The van der Waals surface area contributed by atoms with Crippen LogP contribution >= 0.6 is 23.1 Å². The molecule has 0 radical (unpaired) electrons. The number of rotatable bonds is 2. The Kier molecular flexibility index (Phi) is 4.36. The maximum atomic E-state index is 13.1. The van der Waals surface area contributed by atoms with Gasteiger partial charge in [0.1, 0.15) is 5.71 Å². The molecular weight excluding hydrogens is 376 g/mol. The van der Waals surface area contributed by atoms with Crippen LogP contribution in [-0.2, 0) is 4.79 Å². The van der Waals surface area contributed by atoms with Gasteiger partial charge in [-0.15, -0.1) is 23.1 Å². The van der Waals surface area contributed by atoms with E-state index in [1.165, 1.54) is 21.0 Å². The van der Waals surface area contributed by atoms with Gasteiger partial charge in [-0.2, -0.15) is 5.10 Å². The Morgan fingerprint density at radius 1 is 1.15 bits per heavy atom. The third-order valence-corrected chi connectivity index (χ3v) is 8.04. The molecule has 2 unspecified atom stereocenters. The van der Waals surface area contributed by atoms with Crippen LogP contribution in [0.4, 0.5) is 5.69 Å². The van der Waals surface area contributed by atoms with Crippen molar-refractivity contribution in [3.05, 3.63) is 46.8 Å². The van der Waals surface area contributed by atoms with Crippen molar-refractivity contribution >= 4 is 40.4 Å². The molecule has 27 heavy (non-hydrogen) atoms. The molecule has 1 saturated heterocycles. The molecule has 0 spiro atoms. The number of hydrogen-bond acceptors (Lipinski definition) is 6. The lowest BCUT2D eigenvalue weighted by Crippen LogP contribution is -2.51. The molecule has 7 heteroatoms. The number of hydrogen-bond donors (Lipinski definition) is 1. The van der Waals surface area contributed by atoms with E-state index in [-0.39, 0.29) is 17.9 Å². The first-order valence-electron chi connectivity index (χ1n) is 9.35. The second-order valence-electron chi connectivity index (χ2n) is 7.30. The molecule has 3 aliphatic rings. The van der Waals surface area contributed by atoms with E-state index < -0.39 is 0 Å². The molecule has 3 aliphatic heterocycles. The second-order valence-corrected chi connectivity index (χ2v) is 9.50. The first-order chi connectivity index (χ1) is 13.2. The van der Waals surface area contributed by atoms with E-state index in [1.807, 2.05) is 16.7 Å². The summed E-state index contributed by atoms with van der Waals surface area (Å²) in [7, 11) is 0. The molecule has 1 fully saturated rings. The van der Waals surface area contributed by atoms with E-state index in [0.717, 1.165) is 31.9 Å². The molecule has 0 saturated carbocycles. The predicted molar refractivity (Wildman–Crippen MR) is 112 cm³/mol. The topological polar surface area (TPSA) is 47.9 Å². The van der Waals surface area contributed by atoms with Crippen LogP contribution in [0.15, 0.2) is 45.0 Å². The Bertz CT molecular complexity index is 884. The molecule has 0 bridgehead atoms. The number of fused-ring (bicyclic) bond motifs is 3.